The molecule has 0 saturated heterocycles. The van der Waals surface area contributed by atoms with Gasteiger partial charge in [0.15, 0.2) is 0 Å². The third-order valence-corrected chi connectivity index (χ3v) is 4.41. The van der Waals surface area contributed by atoms with Crippen LogP contribution in [-0.4, -0.2) is 60.9 Å². The number of ether oxygens (including phenoxy) is 2. The molecule has 0 aliphatic heterocycles. The number of nitrogens with one attached hydrogen (secondary N) is 1. The summed E-state index contributed by atoms with van der Waals surface area (Å²) in [7, 11) is 0. The third kappa shape index (κ3) is 7.06. The van der Waals surface area contributed by atoms with Crippen LogP contribution in [0.3, 0.4) is 0 Å². The van der Waals surface area contributed by atoms with Gasteiger partial charge in [-0.1, -0.05) is 25.7 Å². The summed E-state index contributed by atoms with van der Waals surface area (Å²) in [6, 6.07) is 0. The first-order valence-electron chi connectivity index (χ1n) is 8.54. The van der Waals surface area contributed by atoms with Crippen molar-refractivity contribution in [1.82, 2.24) is 5.32 Å². The van der Waals surface area contributed by atoms with Gasteiger partial charge in [-0.25, -0.2) is 0 Å². The minimum atomic E-state index is -0.506. The van der Waals surface area contributed by atoms with Crippen LogP contribution >= 0.6 is 0 Å². The summed E-state index contributed by atoms with van der Waals surface area (Å²) in [6.45, 7) is 1.67. The van der Waals surface area contributed by atoms with Gasteiger partial charge in [0, 0.05) is 13.1 Å². The van der Waals surface area contributed by atoms with Crippen LogP contribution in [0.15, 0.2) is 0 Å². The molecule has 0 heterocycles. The summed E-state index contributed by atoms with van der Waals surface area (Å²) >= 11 is 0. The molecular formula is C16H31NO4. The maximum Gasteiger partial charge on any atom is 0.0897 e. The molecule has 0 aromatic heterocycles. The highest BCUT2D eigenvalue weighted by Gasteiger charge is 2.18. The first-order valence-corrected chi connectivity index (χ1v) is 8.54. The van der Waals surface area contributed by atoms with Crippen LogP contribution in [-0.2, 0) is 9.47 Å². The number of hydrogen-bond acceptors (Lipinski definition) is 5. The molecule has 0 aromatic rings. The lowest BCUT2D eigenvalue weighted by Crippen LogP contribution is -2.37. The standard InChI is InChI=1S/C16H31NO4/c18-13(11-20-15-5-1-2-6-15)9-17-10-14(19)12-21-16-7-3-4-8-16/h13-19H,1-12H2. The largest absolute Gasteiger partial charge is 0.389 e. The van der Waals surface area contributed by atoms with Gasteiger partial charge in [-0.2, -0.15) is 0 Å². The second-order valence-electron chi connectivity index (χ2n) is 6.45. The van der Waals surface area contributed by atoms with Gasteiger partial charge in [0.2, 0.25) is 0 Å². The van der Waals surface area contributed by atoms with Crippen LogP contribution in [0.2, 0.25) is 0 Å². The van der Waals surface area contributed by atoms with Crippen molar-refractivity contribution in [3.63, 3.8) is 0 Å². The minimum Gasteiger partial charge on any atom is -0.389 e. The Morgan fingerprint density at radius 2 is 1.14 bits per heavy atom. The predicted octanol–water partition coefficient (Wildman–Crippen LogP) is 1.22. The van der Waals surface area contributed by atoms with Crippen LogP contribution < -0.4 is 5.32 Å². The van der Waals surface area contributed by atoms with E-state index in [0.29, 0.717) is 38.5 Å². The van der Waals surface area contributed by atoms with Gasteiger partial charge >= 0.3 is 0 Å². The van der Waals surface area contributed by atoms with E-state index >= 15 is 0 Å². The first-order chi connectivity index (χ1) is 10.2. The van der Waals surface area contributed by atoms with Crippen molar-refractivity contribution >= 4 is 0 Å². The number of aliphatic hydroxyl groups excluding tert-OH is 2. The molecule has 0 radical (unpaired) electrons. The zero-order chi connectivity index (χ0) is 14.9. The molecule has 2 rings (SSSR count). The molecular weight excluding hydrogens is 270 g/mol. The number of hydrogen-bond donors (Lipinski definition) is 3. The van der Waals surface area contributed by atoms with E-state index in [0.717, 1.165) is 25.7 Å². The maximum absolute atomic E-state index is 9.82. The summed E-state index contributed by atoms with van der Waals surface area (Å²) in [5, 5.41) is 22.7. The van der Waals surface area contributed by atoms with E-state index in [1.54, 1.807) is 0 Å². The topological polar surface area (TPSA) is 71.0 Å². The van der Waals surface area contributed by atoms with E-state index in [4.69, 9.17) is 9.47 Å². The van der Waals surface area contributed by atoms with E-state index in [2.05, 4.69) is 5.32 Å². The van der Waals surface area contributed by atoms with Crippen molar-refractivity contribution in [2.24, 2.45) is 0 Å². The Balaban J connectivity index is 1.43. The summed E-state index contributed by atoms with van der Waals surface area (Å²) in [4.78, 5) is 0. The van der Waals surface area contributed by atoms with Gasteiger partial charge in [-0.05, 0) is 25.7 Å². The fourth-order valence-electron chi connectivity index (χ4n) is 3.14. The van der Waals surface area contributed by atoms with E-state index < -0.39 is 12.2 Å². The van der Waals surface area contributed by atoms with Gasteiger partial charge < -0.3 is 25.0 Å². The monoisotopic (exact) mass is 301 g/mol. The molecule has 5 nitrogen and oxygen atoms in total. The lowest BCUT2D eigenvalue weighted by molar-refractivity contribution is -0.0148. The zero-order valence-corrected chi connectivity index (χ0v) is 13.0. The quantitative estimate of drug-likeness (QED) is 0.566. The average Bonchev–Trinajstić information content (AvgIpc) is 3.16. The number of aliphatic hydroxyl groups is 2. The van der Waals surface area contributed by atoms with E-state index in [-0.39, 0.29) is 0 Å². The summed E-state index contributed by atoms with van der Waals surface area (Å²) in [5.41, 5.74) is 0. The molecule has 0 bridgehead atoms. The molecule has 2 fully saturated rings. The molecule has 0 spiro atoms. The van der Waals surface area contributed by atoms with E-state index in [1.165, 1.54) is 25.7 Å². The Morgan fingerprint density at radius 3 is 1.52 bits per heavy atom. The Kier molecular flexibility index (Phi) is 7.96. The molecule has 2 unspecified atom stereocenters. The number of rotatable bonds is 10. The van der Waals surface area contributed by atoms with Crippen LogP contribution in [0.4, 0.5) is 0 Å². The Labute approximate surface area is 128 Å². The van der Waals surface area contributed by atoms with Crippen molar-refractivity contribution in [2.45, 2.75) is 75.8 Å². The Morgan fingerprint density at radius 1 is 0.762 bits per heavy atom. The van der Waals surface area contributed by atoms with Gasteiger partial charge in [0.05, 0.1) is 37.6 Å². The van der Waals surface area contributed by atoms with Crippen LogP contribution in [0.25, 0.3) is 0 Å². The molecule has 2 atom stereocenters. The summed E-state index contributed by atoms with van der Waals surface area (Å²) in [5.74, 6) is 0. The van der Waals surface area contributed by atoms with Crippen LogP contribution in [0, 0.1) is 0 Å². The normalized spacial score (nSPS) is 23.7. The Hall–Kier alpha value is -0.200. The summed E-state index contributed by atoms with van der Waals surface area (Å²) < 4.78 is 11.3. The molecule has 2 aliphatic carbocycles. The highest BCUT2D eigenvalue weighted by atomic mass is 16.5. The SMILES string of the molecule is OC(CNCC(O)COC1CCCC1)COC1CCCC1. The van der Waals surface area contributed by atoms with Crippen molar-refractivity contribution in [3.05, 3.63) is 0 Å². The first kappa shape index (κ1) is 17.2. The highest BCUT2D eigenvalue weighted by Crippen LogP contribution is 2.21. The van der Waals surface area contributed by atoms with E-state index in [1.807, 2.05) is 0 Å². The molecule has 0 aromatic carbocycles. The molecule has 2 saturated carbocycles. The van der Waals surface area contributed by atoms with Crippen molar-refractivity contribution in [1.29, 1.82) is 0 Å². The third-order valence-electron chi connectivity index (χ3n) is 4.41. The molecule has 2 aliphatic rings. The average molecular weight is 301 g/mol. The minimum absolute atomic E-state index is 0.338. The van der Waals surface area contributed by atoms with Gasteiger partial charge in [-0.3, -0.25) is 0 Å². The van der Waals surface area contributed by atoms with Crippen LogP contribution in [0.5, 0.6) is 0 Å². The molecule has 21 heavy (non-hydrogen) atoms. The second-order valence-corrected chi connectivity index (χ2v) is 6.45. The van der Waals surface area contributed by atoms with Crippen molar-refractivity contribution in [3.8, 4) is 0 Å². The van der Waals surface area contributed by atoms with Crippen molar-refractivity contribution < 1.29 is 19.7 Å². The van der Waals surface area contributed by atoms with Gasteiger partial charge in [-0.15, -0.1) is 0 Å². The Bertz CT molecular complexity index is 239. The molecule has 124 valence electrons. The second kappa shape index (κ2) is 9.74. The maximum atomic E-state index is 9.82. The lowest BCUT2D eigenvalue weighted by Gasteiger charge is -2.18. The van der Waals surface area contributed by atoms with E-state index in [9.17, 15) is 10.2 Å². The lowest BCUT2D eigenvalue weighted by atomic mass is 10.3. The molecule has 3 N–H and O–H groups in total. The van der Waals surface area contributed by atoms with Gasteiger partial charge in [0.25, 0.3) is 0 Å². The fraction of sp³-hybridized carbons (Fsp3) is 1.00. The molecule has 5 heteroatoms. The molecule has 0 amide bonds. The smallest absolute Gasteiger partial charge is 0.0897 e. The fourth-order valence-corrected chi connectivity index (χ4v) is 3.14. The summed E-state index contributed by atoms with van der Waals surface area (Å²) in [6.07, 6.45) is 9.12. The predicted molar refractivity (Wildman–Crippen MR) is 81.3 cm³/mol. The zero-order valence-electron chi connectivity index (χ0n) is 13.0. The van der Waals surface area contributed by atoms with Crippen LogP contribution in [0.1, 0.15) is 51.4 Å². The van der Waals surface area contributed by atoms with Gasteiger partial charge in [0.1, 0.15) is 0 Å². The highest BCUT2D eigenvalue weighted by molar-refractivity contribution is 4.70. The van der Waals surface area contributed by atoms with Crippen molar-refractivity contribution in [2.75, 3.05) is 26.3 Å².